The Hall–Kier alpha value is -2.70. The highest BCUT2D eigenvalue weighted by atomic mass is 16.5. The third kappa shape index (κ3) is 2.59. The number of nitrogens with zero attached hydrogens (tertiary/aromatic N) is 2. The van der Waals surface area contributed by atoms with Crippen LogP contribution in [0.15, 0.2) is 24.3 Å². The van der Waals surface area contributed by atoms with Crippen LogP contribution in [0.5, 0.6) is 5.88 Å². The van der Waals surface area contributed by atoms with Crippen LogP contribution in [0.1, 0.15) is 10.4 Å². The standard InChI is InChI=1S/C12H15N5O2/c1-17-11(19-2)6-10(16-17)15-9-5-7(12(14)18)3-4-8(9)13/h3-6H,13H2,1-2H3,(H2,14,18)(H,15,16). The first-order chi connectivity index (χ1) is 9.01. The van der Waals surface area contributed by atoms with E-state index in [0.29, 0.717) is 28.6 Å². The number of ether oxygens (including phenoxy) is 1. The highest BCUT2D eigenvalue weighted by Crippen LogP contribution is 2.25. The predicted octanol–water partition coefficient (Wildman–Crippen LogP) is 0.853. The first kappa shape index (κ1) is 12.7. The summed E-state index contributed by atoms with van der Waals surface area (Å²) in [6, 6.07) is 6.49. The predicted molar refractivity (Wildman–Crippen MR) is 72.4 cm³/mol. The first-order valence-corrected chi connectivity index (χ1v) is 5.55. The number of benzene rings is 1. The molecule has 100 valence electrons. The second kappa shape index (κ2) is 4.89. The van der Waals surface area contributed by atoms with E-state index in [0.717, 1.165) is 0 Å². The molecule has 2 aromatic rings. The molecule has 7 nitrogen and oxygen atoms in total. The van der Waals surface area contributed by atoms with E-state index < -0.39 is 5.91 Å². The number of hydrogen-bond donors (Lipinski definition) is 3. The molecule has 0 saturated carbocycles. The van der Waals surface area contributed by atoms with Gasteiger partial charge in [0.15, 0.2) is 5.82 Å². The Labute approximate surface area is 110 Å². The fraction of sp³-hybridized carbons (Fsp3) is 0.167. The zero-order valence-corrected chi connectivity index (χ0v) is 10.7. The minimum absolute atomic E-state index is 0.375. The smallest absolute Gasteiger partial charge is 0.248 e. The lowest BCUT2D eigenvalue weighted by Crippen LogP contribution is -2.11. The molecule has 0 saturated heterocycles. The van der Waals surface area contributed by atoms with Crippen molar-refractivity contribution in [2.45, 2.75) is 0 Å². The molecule has 0 aliphatic rings. The van der Waals surface area contributed by atoms with Gasteiger partial charge in [-0.25, -0.2) is 4.68 Å². The topological polar surface area (TPSA) is 108 Å². The number of carbonyl (C=O) groups is 1. The summed E-state index contributed by atoms with van der Waals surface area (Å²) in [6.45, 7) is 0. The number of aryl methyl sites for hydroxylation is 1. The summed E-state index contributed by atoms with van der Waals surface area (Å²) in [6.07, 6.45) is 0. The molecule has 2 rings (SSSR count). The molecular weight excluding hydrogens is 246 g/mol. The normalized spacial score (nSPS) is 10.2. The molecule has 0 aliphatic heterocycles. The zero-order valence-electron chi connectivity index (χ0n) is 10.7. The van der Waals surface area contributed by atoms with E-state index in [1.54, 1.807) is 43.1 Å². The van der Waals surface area contributed by atoms with Crippen LogP contribution in [0, 0.1) is 0 Å². The maximum absolute atomic E-state index is 11.1. The Morgan fingerprint density at radius 1 is 1.42 bits per heavy atom. The fourth-order valence-electron chi connectivity index (χ4n) is 1.66. The van der Waals surface area contributed by atoms with E-state index in [1.165, 1.54) is 0 Å². The summed E-state index contributed by atoms with van der Waals surface area (Å²) < 4.78 is 6.69. The summed E-state index contributed by atoms with van der Waals surface area (Å²) in [7, 11) is 3.32. The van der Waals surface area contributed by atoms with Gasteiger partial charge in [-0.3, -0.25) is 4.79 Å². The van der Waals surface area contributed by atoms with Crippen molar-refractivity contribution in [1.82, 2.24) is 9.78 Å². The van der Waals surface area contributed by atoms with Crippen LogP contribution < -0.4 is 21.5 Å². The first-order valence-electron chi connectivity index (χ1n) is 5.55. The zero-order chi connectivity index (χ0) is 14.0. The number of primary amides is 1. The molecule has 1 aromatic heterocycles. The van der Waals surface area contributed by atoms with Crippen LogP contribution >= 0.6 is 0 Å². The number of rotatable bonds is 4. The number of hydrogen-bond acceptors (Lipinski definition) is 5. The molecule has 0 unspecified atom stereocenters. The summed E-state index contributed by atoms with van der Waals surface area (Å²) in [5, 5.41) is 7.22. The maximum atomic E-state index is 11.1. The van der Waals surface area contributed by atoms with E-state index >= 15 is 0 Å². The fourth-order valence-corrected chi connectivity index (χ4v) is 1.66. The van der Waals surface area contributed by atoms with Crippen LogP contribution in [0.4, 0.5) is 17.2 Å². The highest BCUT2D eigenvalue weighted by molar-refractivity contribution is 5.95. The quantitative estimate of drug-likeness (QED) is 0.707. The number of nitrogens with one attached hydrogen (secondary N) is 1. The number of anilines is 3. The molecule has 0 bridgehead atoms. The van der Waals surface area contributed by atoms with E-state index in [-0.39, 0.29) is 0 Å². The summed E-state index contributed by atoms with van der Waals surface area (Å²) >= 11 is 0. The number of amides is 1. The van der Waals surface area contributed by atoms with E-state index in [4.69, 9.17) is 16.2 Å². The molecule has 1 heterocycles. The van der Waals surface area contributed by atoms with Crippen LogP contribution in [-0.2, 0) is 7.05 Å². The minimum Gasteiger partial charge on any atom is -0.481 e. The molecule has 0 aliphatic carbocycles. The van der Waals surface area contributed by atoms with Crippen molar-refractivity contribution >= 4 is 23.1 Å². The Morgan fingerprint density at radius 2 is 2.16 bits per heavy atom. The lowest BCUT2D eigenvalue weighted by atomic mass is 10.1. The summed E-state index contributed by atoms with van der Waals surface area (Å²) in [4.78, 5) is 11.1. The average Bonchev–Trinajstić information content (AvgIpc) is 2.72. The Morgan fingerprint density at radius 3 is 2.74 bits per heavy atom. The van der Waals surface area contributed by atoms with Crippen molar-refractivity contribution in [2.75, 3.05) is 18.2 Å². The van der Waals surface area contributed by atoms with Crippen LogP contribution in [-0.4, -0.2) is 22.8 Å². The number of aromatic nitrogens is 2. The molecule has 0 fully saturated rings. The molecule has 1 aromatic carbocycles. The van der Waals surface area contributed by atoms with Gasteiger partial charge >= 0.3 is 0 Å². The number of nitrogens with two attached hydrogens (primary N) is 2. The van der Waals surface area contributed by atoms with Gasteiger partial charge in [-0.05, 0) is 18.2 Å². The monoisotopic (exact) mass is 261 g/mol. The van der Waals surface area contributed by atoms with Crippen molar-refractivity contribution in [3.05, 3.63) is 29.8 Å². The van der Waals surface area contributed by atoms with Crippen molar-refractivity contribution in [1.29, 1.82) is 0 Å². The summed E-state index contributed by atoms with van der Waals surface area (Å²) in [5.41, 5.74) is 12.5. The second-order valence-corrected chi connectivity index (χ2v) is 3.99. The molecule has 0 spiro atoms. The molecule has 1 amide bonds. The lowest BCUT2D eigenvalue weighted by molar-refractivity contribution is 0.100. The average molecular weight is 261 g/mol. The third-order valence-corrected chi connectivity index (χ3v) is 2.65. The van der Waals surface area contributed by atoms with Crippen LogP contribution in [0.3, 0.4) is 0 Å². The molecule has 0 atom stereocenters. The highest BCUT2D eigenvalue weighted by Gasteiger charge is 2.09. The van der Waals surface area contributed by atoms with Crippen molar-refractivity contribution in [2.24, 2.45) is 12.8 Å². The number of nitrogen functional groups attached to an aromatic ring is 1. The van der Waals surface area contributed by atoms with E-state index in [1.807, 2.05) is 0 Å². The Bertz CT molecular complexity index is 621. The lowest BCUT2D eigenvalue weighted by Gasteiger charge is -2.07. The molecule has 5 N–H and O–H groups in total. The third-order valence-electron chi connectivity index (χ3n) is 2.65. The maximum Gasteiger partial charge on any atom is 0.248 e. The molecular formula is C12H15N5O2. The van der Waals surface area contributed by atoms with Gasteiger partial charge < -0.3 is 21.5 Å². The van der Waals surface area contributed by atoms with Gasteiger partial charge in [0.25, 0.3) is 0 Å². The van der Waals surface area contributed by atoms with Gasteiger partial charge in [0, 0.05) is 18.7 Å². The van der Waals surface area contributed by atoms with Gasteiger partial charge in [-0.15, -0.1) is 0 Å². The largest absolute Gasteiger partial charge is 0.481 e. The Balaban J connectivity index is 2.31. The van der Waals surface area contributed by atoms with Gasteiger partial charge in [0.2, 0.25) is 11.8 Å². The minimum atomic E-state index is -0.512. The summed E-state index contributed by atoms with van der Waals surface area (Å²) in [5.74, 6) is 0.654. The van der Waals surface area contributed by atoms with Crippen molar-refractivity contribution < 1.29 is 9.53 Å². The van der Waals surface area contributed by atoms with E-state index in [2.05, 4.69) is 10.4 Å². The molecule has 7 heteroatoms. The second-order valence-electron chi connectivity index (χ2n) is 3.99. The van der Waals surface area contributed by atoms with Crippen LogP contribution in [0.2, 0.25) is 0 Å². The Kier molecular flexibility index (Phi) is 3.28. The van der Waals surface area contributed by atoms with Gasteiger partial charge in [0.05, 0.1) is 18.5 Å². The molecule has 19 heavy (non-hydrogen) atoms. The molecule has 0 radical (unpaired) electrons. The van der Waals surface area contributed by atoms with Crippen molar-refractivity contribution in [3.8, 4) is 5.88 Å². The van der Waals surface area contributed by atoms with Crippen molar-refractivity contribution in [3.63, 3.8) is 0 Å². The number of methoxy groups -OCH3 is 1. The van der Waals surface area contributed by atoms with Gasteiger partial charge in [-0.2, -0.15) is 5.10 Å². The van der Waals surface area contributed by atoms with E-state index in [9.17, 15) is 4.79 Å². The SMILES string of the molecule is COc1cc(Nc2cc(C(N)=O)ccc2N)nn1C. The number of carbonyl (C=O) groups excluding carboxylic acids is 1. The van der Waals surface area contributed by atoms with Crippen LogP contribution in [0.25, 0.3) is 0 Å². The van der Waals surface area contributed by atoms with Gasteiger partial charge in [0.1, 0.15) is 0 Å². The van der Waals surface area contributed by atoms with Gasteiger partial charge in [-0.1, -0.05) is 0 Å².